The first kappa shape index (κ1) is 24.5. The van der Waals surface area contributed by atoms with Gasteiger partial charge in [-0.2, -0.15) is 5.26 Å². The monoisotopic (exact) mass is 453 g/mol. The highest BCUT2D eigenvalue weighted by molar-refractivity contribution is 6.14. The topological polar surface area (TPSA) is 76.4 Å². The Morgan fingerprint density at radius 2 is 1.59 bits per heavy atom. The van der Waals surface area contributed by atoms with Gasteiger partial charge in [-0.05, 0) is 53.8 Å². The molecule has 0 aromatic heterocycles. The van der Waals surface area contributed by atoms with Gasteiger partial charge < -0.3 is 9.47 Å². The quantitative estimate of drug-likeness (QED) is 0.136. The van der Waals surface area contributed by atoms with Crippen LogP contribution in [0.25, 0.3) is 6.08 Å². The summed E-state index contributed by atoms with van der Waals surface area (Å²) in [6.07, 6.45) is 1.49. The maximum Gasteiger partial charge on any atom is 0.343 e. The number of nitrogens with zero attached hydrogens (tertiary/aromatic N) is 1. The molecule has 0 unspecified atom stereocenters. The molecule has 0 saturated heterocycles. The van der Waals surface area contributed by atoms with E-state index in [0.717, 1.165) is 5.56 Å². The van der Waals surface area contributed by atoms with Crippen LogP contribution in [0, 0.1) is 11.3 Å². The Morgan fingerprint density at radius 1 is 0.912 bits per heavy atom. The van der Waals surface area contributed by atoms with E-state index in [4.69, 9.17) is 9.47 Å². The number of carbonyl (C=O) groups excluding carboxylic acids is 2. The van der Waals surface area contributed by atoms with Crippen LogP contribution in [0.15, 0.2) is 78.4 Å². The lowest BCUT2D eigenvalue weighted by Gasteiger charge is -2.19. The Morgan fingerprint density at radius 3 is 2.18 bits per heavy atom. The first-order valence-electron chi connectivity index (χ1n) is 11.0. The fraction of sp³-hybridized carbons (Fsp3) is 0.207. The Balaban J connectivity index is 1.85. The summed E-state index contributed by atoms with van der Waals surface area (Å²) in [6, 6.07) is 22.8. The molecule has 0 spiro atoms. The average Bonchev–Trinajstić information content (AvgIpc) is 2.83. The largest absolute Gasteiger partial charge is 0.490 e. The molecule has 0 radical (unpaired) electrons. The van der Waals surface area contributed by atoms with Crippen molar-refractivity contribution in [3.05, 3.63) is 101 Å². The maximum absolute atomic E-state index is 12.7. The SMILES string of the molecule is CCOc1cc(C=C(C#N)C(=O)c2ccccc2)ccc1OC(=O)c1ccc(C(C)(C)C)cc1. The van der Waals surface area contributed by atoms with Gasteiger partial charge in [0.2, 0.25) is 5.78 Å². The zero-order chi connectivity index (χ0) is 24.7. The summed E-state index contributed by atoms with van der Waals surface area (Å²) in [5.74, 6) is -0.255. The number of rotatable bonds is 7. The zero-order valence-electron chi connectivity index (χ0n) is 19.8. The summed E-state index contributed by atoms with van der Waals surface area (Å²) < 4.78 is 11.3. The predicted octanol–water partition coefficient (Wildman–Crippen LogP) is 6.39. The van der Waals surface area contributed by atoms with Crippen molar-refractivity contribution in [3.63, 3.8) is 0 Å². The lowest BCUT2D eigenvalue weighted by molar-refractivity contribution is 0.0728. The van der Waals surface area contributed by atoms with Gasteiger partial charge in [0.05, 0.1) is 12.2 Å². The number of benzene rings is 3. The number of Topliss-reactive ketones (excluding diaryl/α,β-unsaturated/α-hetero) is 1. The second-order valence-corrected chi connectivity index (χ2v) is 8.72. The number of hydrogen-bond donors (Lipinski definition) is 0. The zero-order valence-corrected chi connectivity index (χ0v) is 19.8. The number of esters is 1. The molecule has 0 amide bonds. The standard InChI is InChI=1S/C29H27NO4/c1-5-33-26-18-20(17-23(19-30)27(31)21-9-7-6-8-10-21)11-16-25(26)34-28(32)22-12-14-24(15-13-22)29(2,3)4/h6-18H,5H2,1-4H3. The summed E-state index contributed by atoms with van der Waals surface area (Å²) in [5, 5.41) is 9.52. The van der Waals surface area contributed by atoms with Crippen LogP contribution in [-0.4, -0.2) is 18.4 Å². The van der Waals surface area contributed by atoms with E-state index in [9.17, 15) is 14.9 Å². The molecule has 3 rings (SSSR count). The van der Waals surface area contributed by atoms with Crippen molar-refractivity contribution in [2.75, 3.05) is 6.61 Å². The second kappa shape index (κ2) is 10.6. The van der Waals surface area contributed by atoms with E-state index < -0.39 is 5.97 Å². The number of carbonyl (C=O) groups is 2. The minimum atomic E-state index is -0.498. The summed E-state index contributed by atoms with van der Waals surface area (Å²) >= 11 is 0. The van der Waals surface area contributed by atoms with Gasteiger partial charge in [0.25, 0.3) is 0 Å². The lowest BCUT2D eigenvalue weighted by Crippen LogP contribution is -2.13. The van der Waals surface area contributed by atoms with E-state index in [2.05, 4.69) is 20.8 Å². The van der Waals surface area contributed by atoms with Crippen molar-refractivity contribution in [3.8, 4) is 17.6 Å². The third-order valence-corrected chi connectivity index (χ3v) is 5.17. The molecule has 0 aliphatic heterocycles. The highest BCUT2D eigenvalue weighted by atomic mass is 16.6. The van der Waals surface area contributed by atoms with Crippen molar-refractivity contribution in [1.82, 2.24) is 0 Å². The Bertz CT molecular complexity index is 1240. The van der Waals surface area contributed by atoms with Crippen molar-refractivity contribution in [2.45, 2.75) is 33.1 Å². The highest BCUT2D eigenvalue weighted by Crippen LogP contribution is 2.31. The number of ether oxygens (including phenoxy) is 2. The van der Waals surface area contributed by atoms with Crippen LogP contribution >= 0.6 is 0 Å². The fourth-order valence-corrected chi connectivity index (χ4v) is 3.29. The molecule has 0 atom stereocenters. The molecule has 0 saturated carbocycles. The minimum Gasteiger partial charge on any atom is -0.490 e. The van der Waals surface area contributed by atoms with E-state index in [1.807, 2.05) is 25.1 Å². The van der Waals surface area contributed by atoms with Gasteiger partial charge in [-0.3, -0.25) is 4.79 Å². The molecule has 3 aromatic carbocycles. The van der Waals surface area contributed by atoms with Crippen LogP contribution < -0.4 is 9.47 Å². The number of ketones is 1. The first-order valence-corrected chi connectivity index (χ1v) is 11.0. The summed E-state index contributed by atoms with van der Waals surface area (Å²) in [5.41, 5.74) is 2.55. The number of nitriles is 1. The Labute approximate surface area is 200 Å². The van der Waals surface area contributed by atoms with Gasteiger partial charge in [-0.1, -0.05) is 69.3 Å². The predicted molar refractivity (Wildman–Crippen MR) is 132 cm³/mol. The third kappa shape index (κ3) is 5.99. The van der Waals surface area contributed by atoms with Crippen molar-refractivity contribution in [2.24, 2.45) is 0 Å². The van der Waals surface area contributed by atoms with E-state index in [1.54, 1.807) is 60.7 Å². The fourth-order valence-electron chi connectivity index (χ4n) is 3.29. The van der Waals surface area contributed by atoms with Crippen LogP contribution in [0.4, 0.5) is 0 Å². The Hall–Kier alpha value is -4.17. The maximum atomic E-state index is 12.7. The van der Waals surface area contributed by atoms with Crippen LogP contribution in [0.2, 0.25) is 0 Å². The normalized spacial score (nSPS) is 11.4. The second-order valence-electron chi connectivity index (χ2n) is 8.72. The van der Waals surface area contributed by atoms with Gasteiger partial charge in [-0.25, -0.2) is 4.79 Å². The number of hydrogen-bond acceptors (Lipinski definition) is 5. The first-order chi connectivity index (χ1) is 16.2. The summed E-state index contributed by atoms with van der Waals surface area (Å²) in [4.78, 5) is 25.4. The van der Waals surface area contributed by atoms with Gasteiger partial charge in [0.15, 0.2) is 11.5 Å². The van der Waals surface area contributed by atoms with Crippen LogP contribution in [0.5, 0.6) is 11.5 Å². The molecular weight excluding hydrogens is 426 g/mol. The van der Waals surface area contributed by atoms with Crippen LogP contribution in [0.1, 0.15) is 59.5 Å². The molecule has 34 heavy (non-hydrogen) atoms. The Kier molecular flexibility index (Phi) is 7.65. The van der Waals surface area contributed by atoms with Crippen molar-refractivity contribution < 1.29 is 19.1 Å². The van der Waals surface area contributed by atoms with Gasteiger partial charge in [-0.15, -0.1) is 0 Å². The van der Waals surface area contributed by atoms with Crippen LogP contribution in [0.3, 0.4) is 0 Å². The molecule has 0 N–H and O–H groups in total. The van der Waals surface area contributed by atoms with Gasteiger partial charge in [0.1, 0.15) is 11.6 Å². The molecule has 172 valence electrons. The minimum absolute atomic E-state index is 0.00247. The highest BCUT2D eigenvalue weighted by Gasteiger charge is 2.17. The van der Waals surface area contributed by atoms with E-state index in [-0.39, 0.29) is 22.5 Å². The van der Waals surface area contributed by atoms with Crippen LogP contribution in [-0.2, 0) is 5.41 Å². The molecule has 0 aliphatic carbocycles. The van der Waals surface area contributed by atoms with Gasteiger partial charge in [0, 0.05) is 5.56 Å². The summed E-state index contributed by atoms with van der Waals surface area (Å²) in [6.45, 7) is 8.49. The molecule has 0 aliphatic rings. The van der Waals surface area contributed by atoms with E-state index in [0.29, 0.717) is 29.0 Å². The van der Waals surface area contributed by atoms with E-state index >= 15 is 0 Å². The molecule has 0 bridgehead atoms. The van der Waals surface area contributed by atoms with E-state index in [1.165, 1.54) is 6.08 Å². The molecule has 0 heterocycles. The summed E-state index contributed by atoms with van der Waals surface area (Å²) in [7, 11) is 0. The number of allylic oxidation sites excluding steroid dienone is 1. The smallest absolute Gasteiger partial charge is 0.343 e. The molecule has 0 fully saturated rings. The van der Waals surface area contributed by atoms with Gasteiger partial charge >= 0.3 is 5.97 Å². The molecule has 5 heteroatoms. The van der Waals surface area contributed by atoms with Crippen molar-refractivity contribution >= 4 is 17.8 Å². The molecule has 3 aromatic rings. The average molecular weight is 454 g/mol. The molecule has 5 nitrogen and oxygen atoms in total. The third-order valence-electron chi connectivity index (χ3n) is 5.17. The lowest BCUT2D eigenvalue weighted by atomic mass is 9.87. The molecular formula is C29H27NO4. The van der Waals surface area contributed by atoms with Crippen molar-refractivity contribution in [1.29, 1.82) is 5.26 Å².